The predicted molar refractivity (Wildman–Crippen MR) is 128 cm³/mol. The second-order valence-corrected chi connectivity index (χ2v) is 10.1. The molecule has 8 heteroatoms. The molecule has 0 aliphatic carbocycles. The number of sulfonamides is 1. The highest BCUT2D eigenvalue weighted by molar-refractivity contribution is 7.89. The number of carbonyl (C=O) groups is 1. The van der Waals surface area contributed by atoms with Gasteiger partial charge in [-0.05, 0) is 37.1 Å². The second kappa shape index (κ2) is 10.1. The lowest BCUT2D eigenvalue weighted by atomic mass is 10.2. The van der Waals surface area contributed by atoms with Crippen molar-refractivity contribution in [1.82, 2.24) is 19.0 Å². The first-order chi connectivity index (χ1) is 15.9. The molecule has 33 heavy (non-hydrogen) atoms. The molecule has 0 atom stereocenters. The Balaban J connectivity index is 1.35. The molecule has 0 N–H and O–H groups in total. The van der Waals surface area contributed by atoms with E-state index in [0.29, 0.717) is 37.5 Å². The molecule has 172 valence electrons. The Hall–Kier alpha value is -3.23. The van der Waals surface area contributed by atoms with E-state index < -0.39 is 10.0 Å². The summed E-state index contributed by atoms with van der Waals surface area (Å²) >= 11 is 0. The minimum Gasteiger partial charge on any atom is -0.338 e. The van der Waals surface area contributed by atoms with Crippen LogP contribution in [0, 0.1) is 6.92 Å². The molecule has 0 radical (unpaired) electrons. The van der Waals surface area contributed by atoms with Gasteiger partial charge in [-0.2, -0.15) is 9.40 Å². The minimum absolute atomic E-state index is 0.125. The lowest BCUT2D eigenvalue weighted by molar-refractivity contribution is -0.125. The van der Waals surface area contributed by atoms with Gasteiger partial charge in [0.05, 0.1) is 17.6 Å². The number of benzene rings is 2. The van der Waals surface area contributed by atoms with E-state index in [9.17, 15) is 13.2 Å². The first kappa shape index (κ1) is 22.9. The first-order valence-corrected chi connectivity index (χ1v) is 12.5. The summed E-state index contributed by atoms with van der Waals surface area (Å²) in [5.41, 5.74) is 3.01. The van der Waals surface area contributed by atoms with Crippen molar-refractivity contribution >= 4 is 22.0 Å². The molecule has 1 amide bonds. The summed E-state index contributed by atoms with van der Waals surface area (Å²) < 4.78 is 29.2. The van der Waals surface area contributed by atoms with Crippen molar-refractivity contribution in [3.8, 4) is 0 Å². The molecule has 7 nitrogen and oxygen atoms in total. The fourth-order valence-electron chi connectivity index (χ4n) is 3.81. The molecule has 1 saturated heterocycles. The average molecular weight is 465 g/mol. The van der Waals surface area contributed by atoms with Gasteiger partial charge in [0.2, 0.25) is 15.9 Å². The zero-order valence-electron chi connectivity index (χ0n) is 18.7. The zero-order chi connectivity index (χ0) is 23.3. The molecule has 0 spiro atoms. The number of amides is 1. The van der Waals surface area contributed by atoms with E-state index in [1.807, 2.05) is 48.1 Å². The van der Waals surface area contributed by atoms with Crippen LogP contribution in [0.5, 0.6) is 0 Å². The summed E-state index contributed by atoms with van der Waals surface area (Å²) in [5.74, 6) is -0.125. The monoisotopic (exact) mass is 464 g/mol. The molecule has 4 rings (SSSR count). The minimum atomic E-state index is -3.56. The molecule has 2 aromatic carbocycles. The summed E-state index contributed by atoms with van der Waals surface area (Å²) in [6, 6.07) is 16.9. The van der Waals surface area contributed by atoms with Gasteiger partial charge < -0.3 is 4.90 Å². The molecule has 2 heterocycles. The van der Waals surface area contributed by atoms with E-state index in [2.05, 4.69) is 5.10 Å². The van der Waals surface area contributed by atoms with Gasteiger partial charge in [-0.15, -0.1) is 0 Å². The average Bonchev–Trinajstić information content (AvgIpc) is 3.10. The van der Waals surface area contributed by atoms with Gasteiger partial charge in [0.15, 0.2) is 0 Å². The molecule has 0 unspecified atom stereocenters. The number of aryl methyl sites for hydroxylation is 1. The molecule has 1 aliphatic heterocycles. The number of carbonyl (C=O) groups excluding carboxylic acids is 1. The lowest BCUT2D eigenvalue weighted by Crippen LogP contribution is -2.36. The number of hydrogen-bond acceptors (Lipinski definition) is 4. The van der Waals surface area contributed by atoms with Crippen LogP contribution in [-0.4, -0.2) is 59.5 Å². The topological polar surface area (TPSA) is 75.5 Å². The van der Waals surface area contributed by atoms with E-state index in [0.717, 1.165) is 16.7 Å². The van der Waals surface area contributed by atoms with E-state index in [1.165, 1.54) is 10.4 Å². The molecule has 1 fully saturated rings. The normalized spacial score (nSPS) is 15.6. The highest BCUT2D eigenvalue weighted by atomic mass is 32.2. The van der Waals surface area contributed by atoms with E-state index >= 15 is 0 Å². The molecule has 0 saturated carbocycles. The number of nitrogens with zero attached hydrogens (tertiary/aromatic N) is 4. The van der Waals surface area contributed by atoms with Crippen LogP contribution >= 0.6 is 0 Å². The molecular formula is C25H28N4O3S. The molecule has 1 aliphatic rings. The van der Waals surface area contributed by atoms with Crippen LogP contribution in [0.1, 0.15) is 23.1 Å². The SMILES string of the molecule is Cc1ccc(S(=O)(=O)N2CCCN(C(=O)/C=C/c3cnn(Cc4ccccc4)c3)CC2)cc1. The van der Waals surface area contributed by atoms with Crippen LogP contribution in [-0.2, 0) is 21.4 Å². The largest absolute Gasteiger partial charge is 0.338 e. The summed E-state index contributed by atoms with van der Waals surface area (Å²) in [6.07, 6.45) is 7.51. The van der Waals surface area contributed by atoms with Crippen LogP contribution in [0.15, 0.2) is 78.0 Å². The molecule has 0 bridgehead atoms. The lowest BCUT2D eigenvalue weighted by Gasteiger charge is -2.21. The standard InChI is InChI=1S/C25H28N4O3S/c1-21-8-11-24(12-9-21)33(31,32)29-15-5-14-27(16-17-29)25(30)13-10-23-18-26-28(20-23)19-22-6-3-2-4-7-22/h2-4,6-13,18,20H,5,14-17,19H2,1H3/b13-10+. The third-order valence-electron chi connectivity index (χ3n) is 5.68. The van der Waals surface area contributed by atoms with Crippen molar-refractivity contribution in [3.05, 3.63) is 89.8 Å². The van der Waals surface area contributed by atoms with Gasteiger partial charge in [0.1, 0.15) is 0 Å². The Morgan fingerprint density at radius 3 is 2.52 bits per heavy atom. The van der Waals surface area contributed by atoms with Crippen molar-refractivity contribution in [2.24, 2.45) is 0 Å². The van der Waals surface area contributed by atoms with Crippen LogP contribution in [0.25, 0.3) is 6.08 Å². The van der Waals surface area contributed by atoms with Gasteiger partial charge in [-0.1, -0.05) is 48.0 Å². The molecular weight excluding hydrogens is 436 g/mol. The Morgan fingerprint density at radius 1 is 1.00 bits per heavy atom. The van der Waals surface area contributed by atoms with E-state index in [-0.39, 0.29) is 12.5 Å². The molecule has 1 aromatic heterocycles. The Bertz CT molecular complexity index is 1220. The van der Waals surface area contributed by atoms with Gasteiger partial charge in [-0.3, -0.25) is 9.48 Å². The third-order valence-corrected chi connectivity index (χ3v) is 7.60. The smallest absolute Gasteiger partial charge is 0.246 e. The van der Waals surface area contributed by atoms with Crippen molar-refractivity contribution in [3.63, 3.8) is 0 Å². The summed E-state index contributed by atoms with van der Waals surface area (Å²) in [4.78, 5) is 14.7. The number of rotatable bonds is 6. The predicted octanol–water partition coefficient (Wildman–Crippen LogP) is 3.18. The third kappa shape index (κ3) is 5.77. The number of hydrogen-bond donors (Lipinski definition) is 0. The van der Waals surface area contributed by atoms with Crippen molar-refractivity contribution in [2.75, 3.05) is 26.2 Å². The van der Waals surface area contributed by atoms with Crippen molar-refractivity contribution < 1.29 is 13.2 Å². The van der Waals surface area contributed by atoms with Crippen LogP contribution in [0.4, 0.5) is 0 Å². The highest BCUT2D eigenvalue weighted by Crippen LogP contribution is 2.18. The fraction of sp³-hybridized carbons (Fsp3) is 0.280. The van der Waals surface area contributed by atoms with Gasteiger partial charge in [-0.25, -0.2) is 8.42 Å². The maximum Gasteiger partial charge on any atom is 0.246 e. The van der Waals surface area contributed by atoms with Crippen LogP contribution in [0.2, 0.25) is 0 Å². The maximum absolute atomic E-state index is 13.0. The summed E-state index contributed by atoms with van der Waals surface area (Å²) in [7, 11) is -3.56. The van der Waals surface area contributed by atoms with Gasteiger partial charge >= 0.3 is 0 Å². The van der Waals surface area contributed by atoms with Crippen molar-refractivity contribution in [2.45, 2.75) is 24.8 Å². The van der Waals surface area contributed by atoms with Crippen LogP contribution in [0.3, 0.4) is 0 Å². The highest BCUT2D eigenvalue weighted by Gasteiger charge is 2.27. The quantitative estimate of drug-likeness (QED) is 0.525. The number of aromatic nitrogens is 2. The Morgan fingerprint density at radius 2 is 1.76 bits per heavy atom. The van der Waals surface area contributed by atoms with Crippen molar-refractivity contribution in [1.29, 1.82) is 0 Å². The van der Waals surface area contributed by atoms with E-state index in [4.69, 9.17) is 0 Å². The summed E-state index contributed by atoms with van der Waals surface area (Å²) in [5, 5.41) is 4.36. The fourth-order valence-corrected chi connectivity index (χ4v) is 5.28. The molecule has 3 aromatic rings. The first-order valence-electron chi connectivity index (χ1n) is 11.0. The van der Waals surface area contributed by atoms with Gasteiger partial charge in [0, 0.05) is 44.0 Å². The summed E-state index contributed by atoms with van der Waals surface area (Å²) in [6.45, 7) is 4.16. The van der Waals surface area contributed by atoms with Crippen LogP contribution < -0.4 is 0 Å². The van der Waals surface area contributed by atoms with E-state index in [1.54, 1.807) is 41.4 Å². The zero-order valence-corrected chi connectivity index (χ0v) is 19.5. The Kier molecular flexibility index (Phi) is 7.05. The Labute approximate surface area is 195 Å². The maximum atomic E-state index is 13.0. The second-order valence-electron chi connectivity index (χ2n) is 8.19. The van der Waals surface area contributed by atoms with Gasteiger partial charge in [0.25, 0.3) is 0 Å².